The lowest BCUT2D eigenvalue weighted by atomic mass is 10.0. The standard InChI is InChI=1S/C17H26O2/c1-3-4-5-6-7-8-9-10-16-11-13-17(14-12-16)19-15(2)18/h11-14H,3-10H2,1-2H3. The van der Waals surface area contributed by atoms with Gasteiger partial charge in [0.25, 0.3) is 0 Å². The normalized spacial score (nSPS) is 10.4. The molecule has 0 amide bonds. The molecule has 2 nitrogen and oxygen atoms in total. The van der Waals surface area contributed by atoms with Crippen LogP contribution in [0.5, 0.6) is 5.75 Å². The summed E-state index contributed by atoms with van der Waals surface area (Å²) in [6.07, 6.45) is 10.5. The molecular weight excluding hydrogens is 236 g/mol. The Balaban J connectivity index is 2.14. The topological polar surface area (TPSA) is 26.3 Å². The van der Waals surface area contributed by atoms with Gasteiger partial charge in [-0.1, -0.05) is 57.6 Å². The van der Waals surface area contributed by atoms with Crippen molar-refractivity contribution in [2.75, 3.05) is 0 Å². The number of carbonyl (C=O) groups excluding carboxylic acids is 1. The summed E-state index contributed by atoms with van der Waals surface area (Å²) in [7, 11) is 0. The lowest BCUT2D eigenvalue weighted by Gasteiger charge is -2.04. The highest BCUT2D eigenvalue weighted by Gasteiger charge is 1.98. The Morgan fingerprint density at radius 2 is 1.53 bits per heavy atom. The molecule has 0 heterocycles. The van der Waals surface area contributed by atoms with Crippen LogP contribution in [0.1, 0.15) is 64.4 Å². The molecule has 0 radical (unpaired) electrons. The van der Waals surface area contributed by atoms with Crippen LogP contribution in [0, 0.1) is 0 Å². The molecule has 0 aromatic heterocycles. The lowest BCUT2D eigenvalue weighted by Crippen LogP contribution is -2.01. The Kier molecular flexibility index (Phi) is 7.95. The molecule has 0 aliphatic carbocycles. The molecule has 1 aromatic rings. The first-order valence-electron chi connectivity index (χ1n) is 7.49. The highest BCUT2D eigenvalue weighted by molar-refractivity contribution is 5.69. The molecule has 0 saturated heterocycles. The third-order valence-electron chi connectivity index (χ3n) is 3.25. The molecule has 19 heavy (non-hydrogen) atoms. The summed E-state index contributed by atoms with van der Waals surface area (Å²) in [5.74, 6) is 0.371. The quantitative estimate of drug-likeness (QED) is 0.359. The van der Waals surface area contributed by atoms with E-state index in [-0.39, 0.29) is 5.97 Å². The van der Waals surface area contributed by atoms with Crippen LogP contribution in [-0.2, 0) is 11.2 Å². The second-order valence-electron chi connectivity index (χ2n) is 5.11. The van der Waals surface area contributed by atoms with E-state index in [0.29, 0.717) is 5.75 Å². The fourth-order valence-electron chi connectivity index (χ4n) is 2.18. The second-order valence-corrected chi connectivity index (χ2v) is 5.11. The Morgan fingerprint density at radius 3 is 2.11 bits per heavy atom. The molecule has 0 spiro atoms. The van der Waals surface area contributed by atoms with Crippen LogP contribution in [0.2, 0.25) is 0 Å². The van der Waals surface area contributed by atoms with Crippen LogP contribution in [0.25, 0.3) is 0 Å². The maximum atomic E-state index is 10.8. The lowest BCUT2D eigenvalue weighted by molar-refractivity contribution is -0.131. The molecule has 0 atom stereocenters. The first-order chi connectivity index (χ1) is 9.22. The number of carbonyl (C=O) groups is 1. The Bertz CT molecular complexity index is 354. The molecule has 0 aliphatic heterocycles. The number of ether oxygens (including phenoxy) is 1. The van der Waals surface area contributed by atoms with Crippen molar-refractivity contribution in [2.45, 2.75) is 65.2 Å². The smallest absolute Gasteiger partial charge is 0.308 e. The zero-order valence-electron chi connectivity index (χ0n) is 12.3. The zero-order valence-corrected chi connectivity index (χ0v) is 12.3. The van der Waals surface area contributed by atoms with E-state index in [2.05, 4.69) is 19.1 Å². The monoisotopic (exact) mass is 262 g/mol. The Hall–Kier alpha value is -1.31. The third-order valence-corrected chi connectivity index (χ3v) is 3.25. The number of benzene rings is 1. The second kappa shape index (κ2) is 9.60. The van der Waals surface area contributed by atoms with Gasteiger partial charge in [-0.05, 0) is 30.5 Å². The Morgan fingerprint density at radius 1 is 0.947 bits per heavy atom. The molecule has 2 heteroatoms. The minimum atomic E-state index is -0.264. The highest BCUT2D eigenvalue weighted by atomic mass is 16.5. The summed E-state index contributed by atoms with van der Waals surface area (Å²) < 4.78 is 5.01. The van der Waals surface area contributed by atoms with Crippen molar-refractivity contribution in [3.05, 3.63) is 29.8 Å². The van der Waals surface area contributed by atoms with E-state index < -0.39 is 0 Å². The molecule has 106 valence electrons. The fourth-order valence-corrected chi connectivity index (χ4v) is 2.18. The highest BCUT2D eigenvalue weighted by Crippen LogP contribution is 2.15. The van der Waals surface area contributed by atoms with Crippen LogP contribution >= 0.6 is 0 Å². The van der Waals surface area contributed by atoms with Gasteiger partial charge in [-0.3, -0.25) is 4.79 Å². The summed E-state index contributed by atoms with van der Waals surface area (Å²) in [5.41, 5.74) is 1.32. The van der Waals surface area contributed by atoms with Gasteiger partial charge in [-0.15, -0.1) is 0 Å². The van der Waals surface area contributed by atoms with Gasteiger partial charge in [0.2, 0.25) is 0 Å². The first kappa shape index (κ1) is 15.7. The van der Waals surface area contributed by atoms with E-state index in [1.54, 1.807) is 0 Å². The summed E-state index contributed by atoms with van der Waals surface area (Å²) in [4.78, 5) is 10.8. The van der Waals surface area contributed by atoms with E-state index in [1.165, 1.54) is 57.4 Å². The molecule has 0 bridgehead atoms. The van der Waals surface area contributed by atoms with Crippen LogP contribution in [0.15, 0.2) is 24.3 Å². The molecule has 1 rings (SSSR count). The van der Waals surface area contributed by atoms with Crippen molar-refractivity contribution >= 4 is 5.97 Å². The van der Waals surface area contributed by atoms with Crippen LogP contribution < -0.4 is 4.74 Å². The summed E-state index contributed by atoms with van der Waals surface area (Å²) in [6, 6.07) is 7.85. The number of hydrogen-bond acceptors (Lipinski definition) is 2. The van der Waals surface area contributed by atoms with Gasteiger partial charge in [-0.2, -0.15) is 0 Å². The van der Waals surface area contributed by atoms with E-state index in [4.69, 9.17) is 4.74 Å². The fraction of sp³-hybridized carbons (Fsp3) is 0.588. The first-order valence-corrected chi connectivity index (χ1v) is 7.49. The number of unbranched alkanes of at least 4 members (excludes halogenated alkanes) is 6. The van der Waals surface area contributed by atoms with Crippen molar-refractivity contribution in [1.82, 2.24) is 0 Å². The SMILES string of the molecule is CCCCCCCCCc1ccc(OC(C)=O)cc1. The predicted molar refractivity (Wildman–Crippen MR) is 79.4 cm³/mol. The van der Waals surface area contributed by atoms with Crippen molar-refractivity contribution in [2.24, 2.45) is 0 Å². The van der Waals surface area contributed by atoms with Gasteiger partial charge in [0.05, 0.1) is 0 Å². The van der Waals surface area contributed by atoms with Gasteiger partial charge in [0, 0.05) is 6.92 Å². The largest absolute Gasteiger partial charge is 0.427 e. The Labute approximate surface area is 117 Å². The maximum absolute atomic E-state index is 10.8. The molecule has 0 aliphatic rings. The molecule has 0 fully saturated rings. The van der Waals surface area contributed by atoms with E-state index in [1.807, 2.05) is 12.1 Å². The molecule has 1 aromatic carbocycles. The minimum Gasteiger partial charge on any atom is -0.427 e. The van der Waals surface area contributed by atoms with Crippen LogP contribution in [-0.4, -0.2) is 5.97 Å². The third kappa shape index (κ3) is 7.66. The van der Waals surface area contributed by atoms with E-state index in [9.17, 15) is 4.79 Å². The number of rotatable bonds is 9. The van der Waals surface area contributed by atoms with Gasteiger partial charge >= 0.3 is 5.97 Å². The average Bonchev–Trinajstić information content (AvgIpc) is 2.39. The maximum Gasteiger partial charge on any atom is 0.308 e. The van der Waals surface area contributed by atoms with Gasteiger partial charge in [0.1, 0.15) is 5.75 Å². The van der Waals surface area contributed by atoms with Gasteiger partial charge in [0.15, 0.2) is 0 Å². The predicted octanol–water partition coefficient (Wildman–Crippen LogP) is 4.91. The summed E-state index contributed by atoms with van der Waals surface area (Å²) >= 11 is 0. The zero-order chi connectivity index (χ0) is 13.9. The number of hydrogen-bond donors (Lipinski definition) is 0. The molecule has 0 N–H and O–H groups in total. The van der Waals surface area contributed by atoms with Crippen molar-refractivity contribution in [1.29, 1.82) is 0 Å². The van der Waals surface area contributed by atoms with Crippen molar-refractivity contribution < 1.29 is 9.53 Å². The van der Waals surface area contributed by atoms with Gasteiger partial charge < -0.3 is 4.74 Å². The number of esters is 1. The number of aryl methyl sites for hydroxylation is 1. The summed E-state index contributed by atoms with van der Waals surface area (Å²) in [6.45, 7) is 3.67. The van der Waals surface area contributed by atoms with Gasteiger partial charge in [-0.25, -0.2) is 0 Å². The molecule has 0 unspecified atom stereocenters. The minimum absolute atomic E-state index is 0.264. The van der Waals surface area contributed by atoms with Crippen molar-refractivity contribution in [3.8, 4) is 5.75 Å². The van der Waals surface area contributed by atoms with Crippen molar-refractivity contribution in [3.63, 3.8) is 0 Å². The van der Waals surface area contributed by atoms with E-state index in [0.717, 1.165) is 6.42 Å². The average molecular weight is 262 g/mol. The molecule has 0 saturated carbocycles. The molecular formula is C17H26O2. The van der Waals surface area contributed by atoms with Crippen LogP contribution in [0.3, 0.4) is 0 Å². The van der Waals surface area contributed by atoms with Crippen LogP contribution in [0.4, 0.5) is 0 Å². The van der Waals surface area contributed by atoms with E-state index >= 15 is 0 Å². The summed E-state index contributed by atoms with van der Waals surface area (Å²) in [5, 5.41) is 0.